The van der Waals surface area contributed by atoms with E-state index in [1.165, 1.54) is 11.0 Å². The molecule has 0 unspecified atom stereocenters. The summed E-state index contributed by atoms with van der Waals surface area (Å²) in [4.78, 5) is 14.7. The van der Waals surface area contributed by atoms with Gasteiger partial charge in [-0.25, -0.2) is 4.68 Å². The topological polar surface area (TPSA) is 63.9 Å². The number of hydrogen-bond acceptors (Lipinski definition) is 4. The Bertz CT molecular complexity index is 871. The van der Waals surface area contributed by atoms with Gasteiger partial charge in [0.15, 0.2) is 0 Å². The van der Waals surface area contributed by atoms with Crippen LogP contribution in [0, 0.1) is 0 Å². The predicted octanol–water partition coefficient (Wildman–Crippen LogP) is 3.42. The van der Waals surface area contributed by atoms with Crippen LogP contribution in [0.1, 0.15) is 17.2 Å². The van der Waals surface area contributed by atoms with Gasteiger partial charge in [0.2, 0.25) is 5.91 Å². The minimum Gasteiger partial charge on any atom is -0.340 e. The third-order valence-electron chi connectivity index (χ3n) is 4.06. The highest BCUT2D eigenvalue weighted by atomic mass is 35.5. The summed E-state index contributed by atoms with van der Waals surface area (Å²) in [7, 11) is 1.72. The summed E-state index contributed by atoms with van der Waals surface area (Å²) in [5, 5.41) is 12.2. The predicted molar refractivity (Wildman–Crippen MR) is 99.9 cm³/mol. The molecule has 0 fully saturated rings. The first-order chi connectivity index (χ1) is 12.6. The molecule has 6 nitrogen and oxygen atoms in total. The Hall–Kier alpha value is -2.44. The molecule has 0 saturated carbocycles. The van der Waals surface area contributed by atoms with Gasteiger partial charge in [-0.3, -0.25) is 4.79 Å². The Morgan fingerprint density at radius 1 is 1.15 bits per heavy atom. The van der Waals surface area contributed by atoms with E-state index in [9.17, 15) is 4.79 Å². The maximum Gasteiger partial charge on any atom is 0.247 e. The number of halogens is 2. The van der Waals surface area contributed by atoms with Crippen molar-refractivity contribution in [3.05, 3.63) is 76.0 Å². The highest BCUT2D eigenvalue weighted by Gasteiger charge is 2.26. The Balaban J connectivity index is 1.81. The van der Waals surface area contributed by atoms with Crippen molar-refractivity contribution >= 4 is 29.1 Å². The van der Waals surface area contributed by atoms with E-state index in [1.54, 1.807) is 18.0 Å². The van der Waals surface area contributed by atoms with Gasteiger partial charge in [0.25, 0.3) is 0 Å². The van der Waals surface area contributed by atoms with Crippen LogP contribution >= 0.6 is 23.2 Å². The number of amides is 1. The normalized spacial score (nSPS) is 12.0. The summed E-state index contributed by atoms with van der Waals surface area (Å²) in [6.07, 6.45) is 1.93. The van der Waals surface area contributed by atoms with Crippen LogP contribution in [0.5, 0.6) is 0 Å². The van der Waals surface area contributed by atoms with E-state index in [-0.39, 0.29) is 5.91 Å². The molecule has 0 saturated heterocycles. The van der Waals surface area contributed by atoms with Crippen LogP contribution in [0.15, 0.2) is 54.9 Å². The van der Waals surface area contributed by atoms with E-state index >= 15 is 0 Å². The highest BCUT2D eigenvalue weighted by Crippen LogP contribution is 2.27. The van der Waals surface area contributed by atoms with Gasteiger partial charge in [-0.15, -0.1) is 5.10 Å². The quantitative estimate of drug-likeness (QED) is 0.647. The van der Waals surface area contributed by atoms with Crippen LogP contribution in [-0.4, -0.2) is 38.1 Å². The summed E-state index contributed by atoms with van der Waals surface area (Å²) >= 11 is 12.3. The second kappa shape index (κ2) is 8.29. The molecule has 0 radical (unpaired) electrons. The third-order valence-corrected chi connectivity index (χ3v) is 4.91. The number of carbonyl (C=O) groups excluding carboxylic acids is 1. The van der Waals surface area contributed by atoms with Gasteiger partial charge < -0.3 is 4.90 Å². The highest BCUT2D eigenvalue weighted by molar-refractivity contribution is 6.42. The minimum absolute atomic E-state index is 0.114. The number of likely N-dealkylation sites (N-methyl/N-ethyl adjacent to an activating group) is 1. The van der Waals surface area contributed by atoms with Gasteiger partial charge in [0, 0.05) is 20.0 Å². The molecule has 0 aliphatic carbocycles. The number of benzene rings is 2. The van der Waals surface area contributed by atoms with Crippen LogP contribution in [0.4, 0.5) is 0 Å². The summed E-state index contributed by atoms with van der Waals surface area (Å²) < 4.78 is 1.48. The minimum atomic E-state index is -0.546. The van der Waals surface area contributed by atoms with E-state index in [4.69, 9.17) is 23.2 Å². The zero-order chi connectivity index (χ0) is 18.5. The van der Waals surface area contributed by atoms with E-state index in [0.717, 1.165) is 11.1 Å². The first kappa shape index (κ1) is 18.4. The van der Waals surface area contributed by atoms with Crippen molar-refractivity contribution in [1.29, 1.82) is 0 Å². The summed E-state index contributed by atoms with van der Waals surface area (Å²) in [5.41, 5.74) is 1.81. The third kappa shape index (κ3) is 4.20. The maximum absolute atomic E-state index is 13.1. The number of nitrogens with zero attached hydrogens (tertiary/aromatic N) is 5. The molecule has 1 heterocycles. The molecule has 0 N–H and O–H groups in total. The van der Waals surface area contributed by atoms with Crippen LogP contribution in [0.25, 0.3) is 0 Å². The summed E-state index contributed by atoms with van der Waals surface area (Å²) in [5.74, 6) is -0.114. The smallest absolute Gasteiger partial charge is 0.247 e. The van der Waals surface area contributed by atoms with E-state index in [2.05, 4.69) is 15.5 Å². The maximum atomic E-state index is 13.1. The van der Waals surface area contributed by atoms with Crippen molar-refractivity contribution in [1.82, 2.24) is 25.1 Å². The molecule has 134 valence electrons. The van der Waals surface area contributed by atoms with Crippen molar-refractivity contribution in [2.24, 2.45) is 0 Å². The fourth-order valence-electron chi connectivity index (χ4n) is 2.70. The molecule has 1 amide bonds. The van der Waals surface area contributed by atoms with Gasteiger partial charge >= 0.3 is 0 Å². The Kier molecular flexibility index (Phi) is 5.85. The molecule has 0 bridgehead atoms. The fourth-order valence-corrected chi connectivity index (χ4v) is 3.08. The Morgan fingerprint density at radius 2 is 1.92 bits per heavy atom. The number of carbonyl (C=O) groups is 1. The van der Waals surface area contributed by atoms with Gasteiger partial charge in [-0.1, -0.05) is 65.7 Å². The summed E-state index contributed by atoms with van der Waals surface area (Å²) in [6, 6.07) is 14.6. The number of aromatic nitrogens is 4. The van der Waals surface area contributed by atoms with E-state index in [0.29, 0.717) is 23.0 Å². The zero-order valence-corrected chi connectivity index (χ0v) is 15.6. The van der Waals surface area contributed by atoms with Gasteiger partial charge in [0.1, 0.15) is 12.4 Å². The van der Waals surface area contributed by atoms with E-state index < -0.39 is 6.04 Å². The molecule has 8 heteroatoms. The van der Waals surface area contributed by atoms with Gasteiger partial charge in [-0.2, -0.15) is 0 Å². The second-order valence-electron chi connectivity index (χ2n) is 5.90. The SMILES string of the molecule is CN(Cc1cccc(Cl)c1Cl)C(=O)[C@H](Cc1ccccc1)n1cnnn1. The van der Waals surface area contributed by atoms with Crippen molar-refractivity contribution in [3.8, 4) is 0 Å². The molecular weight excluding hydrogens is 373 g/mol. The first-order valence-corrected chi connectivity index (χ1v) is 8.76. The standard InChI is InChI=1S/C18H17Cl2N5O/c1-24(11-14-8-5-9-15(19)17(14)20)18(26)16(25-12-21-22-23-25)10-13-6-3-2-4-7-13/h2-9,12,16H,10-11H2,1H3/t16-/m0/s1. The largest absolute Gasteiger partial charge is 0.340 e. The van der Waals surface area contributed by atoms with Crippen LogP contribution in [-0.2, 0) is 17.8 Å². The first-order valence-electron chi connectivity index (χ1n) is 8.00. The molecule has 1 atom stereocenters. The van der Waals surface area contributed by atoms with Gasteiger partial charge in [-0.05, 0) is 27.6 Å². The zero-order valence-electron chi connectivity index (χ0n) is 14.1. The monoisotopic (exact) mass is 389 g/mol. The molecule has 3 aromatic rings. The average molecular weight is 390 g/mol. The van der Waals surface area contributed by atoms with Crippen molar-refractivity contribution in [2.75, 3.05) is 7.05 Å². The van der Waals surface area contributed by atoms with Gasteiger partial charge in [0.05, 0.1) is 10.0 Å². The van der Waals surface area contributed by atoms with Crippen LogP contribution < -0.4 is 0 Å². The van der Waals surface area contributed by atoms with Crippen LogP contribution in [0.3, 0.4) is 0 Å². The number of tetrazole rings is 1. The Labute approximate surface area is 161 Å². The summed E-state index contributed by atoms with van der Waals surface area (Å²) in [6.45, 7) is 0.339. The lowest BCUT2D eigenvalue weighted by molar-refractivity contribution is -0.134. The van der Waals surface area contributed by atoms with Crippen molar-refractivity contribution < 1.29 is 4.79 Å². The van der Waals surface area contributed by atoms with Crippen molar-refractivity contribution in [2.45, 2.75) is 19.0 Å². The molecule has 0 spiro atoms. The molecule has 0 aliphatic heterocycles. The molecule has 2 aromatic carbocycles. The second-order valence-corrected chi connectivity index (χ2v) is 6.69. The molecule has 1 aromatic heterocycles. The molecule has 26 heavy (non-hydrogen) atoms. The lowest BCUT2D eigenvalue weighted by atomic mass is 10.0. The van der Waals surface area contributed by atoms with E-state index in [1.807, 2.05) is 42.5 Å². The lowest BCUT2D eigenvalue weighted by Gasteiger charge is -2.24. The Morgan fingerprint density at radius 3 is 2.62 bits per heavy atom. The lowest BCUT2D eigenvalue weighted by Crippen LogP contribution is -2.35. The fraction of sp³-hybridized carbons (Fsp3) is 0.222. The number of rotatable bonds is 6. The molecule has 3 rings (SSSR count). The van der Waals surface area contributed by atoms with Crippen molar-refractivity contribution in [3.63, 3.8) is 0 Å². The molecular formula is C18H17Cl2N5O. The average Bonchev–Trinajstić information content (AvgIpc) is 3.18. The molecule has 0 aliphatic rings. The van der Waals surface area contributed by atoms with Crippen LogP contribution in [0.2, 0.25) is 10.0 Å². The number of hydrogen-bond donors (Lipinski definition) is 0.